The maximum atomic E-state index is 11.5. The molecule has 0 radical (unpaired) electrons. The average molecular weight is 221 g/mol. The Morgan fingerprint density at radius 2 is 2.50 bits per heavy atom. The van der Waals surface area contributed by atoms with E-state index in [1.807, 2.05) is 6.07 Å². The summed E-state index contributed by atoms with van der Waals surface area (Å²) < 4.78 is 4.99. The van der Waals surface area contributed by atoms with Crippen LogP contribution in [0, 0.1) is 5.92 Å². The summed E-state index contributed by atoms with van der Waals surface area (Å²) in [5, 5.41) is 2.84. The van der Waals surface area contributed by atoms with Gasteiger partial charge in [0, 0.05) is 24.8 Å². The topological polar surface area (TPSA) is 77.2 Å². The molecule has 1 fully saturated rings. The Bertz CT molecular complexity index is 395. The van der Waals surface area contributed by atoms with E-state index in [4.69, 9.17) is 10.5 Å². The van der Waals surface area contributed by atoms with Gasteiger partial charge in [-0.05, 0) is 18.1 Å². The molecule has 5 heteroatoms. The summed E-state index contributed by atoms with van der Waals surface area (Å²) in [6.45, 7) is 0.487. The first-order valence-electron chi connectivity index (χ1n) is 5.23. The molecule has 1 aromatic heterocycles. The monoisotopic (exact) mass is 221 g/mol. The van der Waals surface area contributed by atoms with Crippen LogP contribution in [0.15, 0.2) is 18.3 Å². The largest absolute Gasteiger partial charge is 0.481 e. The molecule has 0 aliphatic heterocycles. The molecule has 0 bridgehead atoms. The molecule has 86 valence electrons. The molecule has 2 unspecified atom stereocenters. The number of carbonyl (C=O) groups excluding carboxylic acids is 1. The predicted octanol–water partition coefficient (Wildman–Crippen LogP) is 0.0536. The molecule has 1 aromatic rings. The lowest BCUT2D eigenvalue weighted by atomic mass is 10.2. The molecule has 1 heterocycles. The summed E-state index contributed by atoms with van der Waals surface area (Å²) in [6, 6.07) is 3.69. The number of rotatable bonds is 4. The molecule has 1 aliphatic rings. The second kappa shape index (κ2) is 4.49. The molecule has 2 atom stereocenters. The molecule has 1 aliphatic carbocycles. The lowest BCUT2D eigenvalue weighted by molar-refractivity contribution is -0.122. The van der Waals surface area contributed by atoms with Gasteiger partial charge in [0.15, 0.2) is 0 Å². The maximum absolute atomic E-state index is 11.5. The van der Waals surface area contributed by atoms with Crippen molar-refractivity contribution < 1.29 is 9.53 Å². The molecular formula is C11H15N3O2. The summed E-state index contributed by atoms with van der Waals surface area (Å²) in [4.78, 5) is 15.5. The third-order valence-corrected chi connectivity index (χ3v) is 2.65. The van der Waals surface area contributed by atoms with Gasteiger partial charge >= 0.3 is 0 Å². The van der Waals surface area contributed by atoms with Gasteiger partial charge in [0.25, 0.3) is 0 Å². The number of hydrogen-bond donors (Lipinski definition) is 2. The smallest absolute Gasteiger partial charge is 0.225 e. The van der Waals surface area contributed by atoms with Crippen molar-refractivity contribution in [1.82, 2.24) is 10.3 Å². The quantitative estimate of drug-likeness (QED) is 0.753. The number of aromatic nitrogens is 1. The highest BCUT2D eigenvalue weighted by molar-refractivity contribution is 5.82. The summed E-state index contributed by atoms with van der Waals surface area (Å²) in [5.41, 5.74) is 6.56. The van der Waals surface area contributed by atoms with Crippen molar-refractivity contribution in [3.63, 3.8) is 0 Å². The van der Waals surface area contributed by atoms with Crippen LogP contribution in [0.3, 0.4) is 0 Å². The van der Waals surface area contributed by atoms with Gasteiger partial charge in [0.2, 0.25) is 11.8 Å². The van der Waals surface area contributed by atoms with Crippen LogP contribution in [0.25, 0.3) is 0 Å². The number of nitrogens with one attached hydrogen (secondary N) is 1. The zero-order valence-electron chi connectivity index (χ0n) is 9.14. The number of pyridine rings is 1. The van der Waals surface area contributed by atoms with Gasteiger partial charge in [-0.1, -0.05) is 0 Å². The van der Waals surface area contributed by atoms with Crippen molar-refractivity contribution in [1.29, 1.82) is 0 Å². The Morgan fingerprint density at radius 1 is 1.75 bits per heavy atom. The summed E-state index contributed by atoms with van der Waals surface area (Å²) in [7, 11) is 1.56. The Morgan fingerprint density at radius 3 is 3.12 bits per heavy atom. The SMILES string of the molecule is COc1cc(CNC(=O)C2CC2N)ccn1. The molecule has 0 spiro atoms. The van der Waals surface area contributed by atoms with Crippen molar-refractivity contribution >= 4 is 5.91 Å². The van der Waals surface area contributed by atoms with Crippen LogP contribution in [0.1, 0.15) is 12.0 Å². The lowest BCUT2D eigenvalue weighted by Crippen LogP contribution is -2.26. The number of methoxy groups -OCH3 is 1. The molecule has 1 amide bonds. The van der Waals surface area contributed by atoms with E-state index in [2.05, 4.69) is 10.3 Å². The van der Waals surface area contributed by atoms with Gasteiger partial charge in [-0.2, -0.15) is 0 Å². The van der Waals surface area contributed by atoms with Gasteiger partial charge in [-0.25, -0.2) is 4.98 Å². The van der Waals surface area contributed by atoms with E-state index in [1.165, 1.54) is 0 Å². The standard InChI is InChI=1S/C11H15N3O2/c1-16-10-4-7(2-3-13-10)6-14-11(15)8-5-9(8)12/h2-4,8-9H,5-6,12H2,1H3,(H,14,15). The van der Waals surface area contributed by atoms with E-state index in [0.29, 0.717) is 12.4 Å². The third-order valence-electron chi connectivity index (χ3n) is 2.65. The molecule has 5 nitrogen and oxygen atoms in total. The van der Waals surface area contributed by atoms with Gasteiger partial charge in [-0.15, -0.1) is 0 Å². The zero-order chi connectivity index (χ0) is 11.5. The molecule has 0 aromatic carbocycles. The third kappa shape index (κ3) is 2.49. The van der Waals surface area contributed by atoms with Crippen molar-refractivity contribution in [2.45, 2.75) is 19.0 Å². The van der Waals surface area contributed by atoms with Gasteiger partial charge in [0.1, 0.15) is 0 Å². The van der Waals surface area contributed by atoms with Crippen molar-refractivity contribution in [3.05, 3.63) is 23.9 Å². The van der Waals surface area contributed by atoms with Crippen molar-refractivity contribution in [3.8, 4) is 5.88 Å². The number of carbonyl (C=O) groups is 1. The van der Waals surface area contributed by atoms with Crippen LogP contribution < -0.4 is 15.8 Å². The fourth-order valence-electron chi connectivity index (χ4n) is 1.51. The maximum Gasteiger partial charge on any atom is 0.225 e. The molecule has 2 rings (SSSR count). The minimum Gasteiger partial charge on any atom is -0.481 e. The van der Waals surface area contributed by atoms with Crippen LogP contribution in [0.2, 0.25) is 0 Å². The van der Waals surface area contributed by atoms with E-state index in [0.717, 1.165) is 12.0 Å². The summed E-state index contributed by atoms with van der Waals surface area (Å²) in [6.07, 6.45) is 2.45. The minimum absolute atomic E-state index is 0.00346. The lowest BCUT2D eigenvalue weighted by Gasteiger charge is -2.05. The zero-order valence-corrected chi connectivity index (χ0v) is 9.14. The first kappa shape index (κ1) is 10.9. The molecule has 1 saturated carbocycles. The van der Waals surface area contributed by atoms with E-state index < -0.39 is 0 Å². The predicted molar refractivity (Wildman–Crippen MR) is 58.7 cm³/mol. The van der Waals surface area contributed by atoms with E-state index in [9.17, 15) is 4.79 Å². The van der Waals surface area contributed by atoms with Crippen LogP contribution in [0.5, 0.6) is 5.88 Å². The number of nitrogens with zero attached hydrogens (tertiary/aromatic N) is 1. The number of nitrogens with two attached hydrogens (primary N) is 1. The number of ether oxygens (including phenoxy) is 1. The first-order valence-corrected chi connectivity index (χ1v) is 5.23. The van der Waals surface area contributed by atoms with Crippen molar-refractivity contribution in [2.24, 2.45) is 11.7 Å². The number of amides is 1. The molecule has 3 N–H and O–H groups in total. The fourth-order valence-corrected chi connectivity index (χ4v) is 1.51. The van der Waals surface area contributed by atoms with Crippen LogP contribution in [-0.4, -0.2) is 24.0 Å². The fraction of sp³-hybridized carbons (Fsp3) is 0.455. The normalized spacial score (nSPS) is 22.6. The number of hydrogen-bond acceptors (Lipinski definition) is 4. The Hall–Kier alpha value is -1.62. The van der Waals surface area contributed by atoms with Gasteiger partial charge < -0.3 is 15.8 Å². The highest BCUT2D eigenvalue weighted by Gasteiger charge is 2.39. The van der Waals surface area contributed by atoms with Crippen LogP contribution in [-0.2, 0) is 11.3 Å². The average Bonchev–Trinajstić information content (AvgIpc) is 3.04. The molecule has 0 saturated heterocycles. The minimum atomic E-state index is 0.00346. The Labute approximate surface area is 94.0 Å². The second-order valence-electron chi connectivity index (χ2n) is 3.93. The first-order chi connectivity index (χ1) is 7.70. The Balaban J connectivity index is 1.86. The van der Waals surface area contributed by atoms with E-state index in [1.54, 1.807) is 19.4 Å². The van der Waals surface area contributed by atoms with Crippen LogP contribution >= 0.6 is 0 Å². The molecular weight excluding hydrogens is 206 g/mol. The van der Waals surface area contributed by atoms with Gasteiger partial charge in [-0.3, -0.25) is 4.79 Å². The van der Waals surface area contributed by atoms with Crippen LogP contribution in [0.4, 0.5) is 0 Å². The second-order valence-corrected chi connectivity index (χ2v) is 3.93. The van der Waals surface area contributed by atoms with E-state index in [-0.39, 0.29) is 17.9 Å². The molecule has 16 heavy (non-hydrogen) atoms. The summed E-state index contributed by atoms with van der Waals surface area (Å²) >= 11 is 0. The van der Waals surface area contributed by atoms with E-state index >= 15 is 0 Å². The highest BCUT2D eigenvalue weighted by Crippen LogP contribution is 2.27. The Kier molecular flexibility index (Phi) is 3.05. The van der Waals surface area contributed by atoms with Gasteiger partial charge in [0.05, 0.1) is 13.0 Å². The highest BCUT2D eigenvalue weighted by atomic mass is 16.5. The van der Waals surface area contributed by atoms with Crippen molar-refractivity contribution in [2.75, 3.05) is 7.11 Å². The summed E-state index contributed by atoms with van der Waals surface area (Å²) in [5.74, 6) is 0.585.